The molecule has 82 valence electrons. The number of carbonyl (C=O) groups is 1. The van der Waals surface area contributed by atoms with Crippen LogP contribution in [0.5, 0.6) is 0 Å². The van der Waals surface area contributed by atoms with E-state index in [1.165, 1.54) is 0 Å². The van der Waals surface area contributed by atoms with E-state index >= 15 is 0 Å². The van der Waals surface area contributed by atoms with Crippen LogP contribution in [0.25, 0.3) is 0 Å². The number of halogens is 4. The zero-order valence-corrected chi connectivity index (χ0v) is 7.23. The van der Waals surface area contributed by atoms with Crippen LogP contribution >= 0.6 is 0 Å². The maximum absolute atomic E-state index is 12.8. The zero-order valence-electron chi connectivity index (χ0n) is 7.23. The number of nitrogen functional groups attached to an aromatic ring is 1. The molecule has 1 amide bonds. The maximum Gasteiger partial charge on any atom is 0.421 e. The summed E-state index contributed by atoms with van der Waals surface area (Å²) in [5, 5.41) is 0. The van der Waals surface area contributed by atoms with E-state index in [9.17, 15) is 22.4 Å². The minimum absolute atomic E-state index is 0.499. The van der Waals surface area contributed by atoms with E-state index in [2.05, 4.69) is 0 Å². The van der Waals surface area contributed by atoms with E-state index < -0.39 is 34.7 Å². The lowest BCUT2D eigenvalue weighted by Gasteiger charge is -2.12. The quantitative estimate of drug-likeness (QED) is 0.558. The van der Waals surface area contributed by atoms with Gasteiger partial charge in [0.15, 0.2) is 0 Å². The Morgan fingerprint density at radius 2 is 1.80 bits per heavy atom. The molecular weight excluding hydrogens is 216 g/mol. The first-order chi connectivity index (χ1) is 6.75. The second-order valence-electron chi connectivity index (χ2n) is 2.75. The highest BCUT2D eigenvalue weighted by atomic mass is 19.4. The third kappa shape index (κ3) is 2.00. The molecule has 0 saturated carbocycles. The van der Waals surface area contributed by atoms with Crippen molar-refractivity contribution in [2.24, 2.45) is 5.73 Å². The van der Waals surface area contributed by atoms with Gasteiger partial charge in [-0.25, -0.2) is 4.39 Å². The molecule has 0 radical (unpaired) electrons. The van der Waals surface area contributed by atoms with Gasteiger partial charge in [0, 0.05) is 0 Å². The molecule has 0 saturated heterocycles. The third-order valence-electron chi connectivity index (χ3n) is 1.74. The third-order valence-corrected chi connectivity index (χ3v) is 1.74. The molecule has 0 unspecified atom stereocenters. The predicted molar refractivity (Wildman–Crippen MR) is 44.3 cm³/mol. The fourth-order valence-corrected chi connectivity index (χ4v) is 1.10. The van der Waals surface area contributed by atoms with Crippen LogP contribution in [0.2, 0.25) is 0 Å². The van der Waals surface area contributed by atoms with E-state index in [1.807, 2.05) is 0 Å². The Bertz CT molecular complexity index is 414. The minimum atomic E-state index is -4.96. The fraction of sp³-hybridized carbons (Fsp3) is 0.125. The number of primary amides is 1. The van der Waals surface area contributed by atoms with Crippen LogP contribution in [0, 0.1) is 5.82 Å². The summed E-state index contributed by atoms with van der Waals surface area (Å²) in [4.78, 5) is 10.7. The molecular formula is C8H6F4N2O. The van der Waals surface area contributed by atoms with Gasteiger partial charge in [-0.15, -0.1) is 0 Å². The summed E-state index contributed by atoms with van der Waals surface area (Å²) in [6, 6.07) is 1.31. The molecule has 1 aromatic rings. The summed E-state index contributed by atoms with van der Waals surface area (Å²) in [7, 11) is 0. The van der Waals surface area contributed by atoms with Crippen molar-refractivity contribution in [3.8, 4) is 0 Å². The lowest BCUT2D eigenvalue weighted by Crippen LogP contribution is -2.19. The van der Waals surface area contributed by atoms with Gasteiger partial charge in [-0.05, 0) is 12.1 Å². The van der Waals surface area contributed by atoms with Gasteiger partial charge < -0.3 is 11.5 Å². The Labute approximate surface area is 81.7 Å². The SMILES string of the molecule is NC(=O)c1ccc(F)c(C(F)(F)F)c1N. The molecule has 0 atom stereocenters. The Morgan fingerprint density at radius 1 is 1.27 bits per heavy atom. The normalized spacial score (nSPS) is 11.5. The first-order valence-corrected chi connectivity index (χ1v) is 3.70. The molecule has 4 N–H and O–H groups in total. The lowest BCUT2D eigenvalue weighted by molar-refractivity contribution is -0.139. The van der Waals surface area contributed by atoms with Crippen LogP contribution in [0.1, 0.15) is 15.9 Å². The molecule has 0 aliphatic heterocycles. The Morgan fingerprint density at radius 3 is 2.20 bits per heavy atom. The topological polar surface area (TPSA) is 69.1 Å². The van der Waals surface area contributed by atoms with Crippen molar-refractivity contribution in [1.82, 2.24) is 0 Å². The largest absolute Gasteiger partial charge is 0.421 e. The van der Waals surface area contributed by atoms with Crippen molar-refractivity contribution >= 4 is 11.6 Å². The number of amides is 1. The molecule has 3 nitrogen and oxygen atoms in total. The molecule has 0 aromatic heterocycles. The number of hydrogen-bond acceptors (Lipinski definition) is 2. The number of carbonyl (C=O) groups excluding carboxylic acids is 1. The van der Waals surface area contributed by atoms with Gasteiger partial charge >= 0.3 is 6.18 Å². The van der Waals surface area contributed by atoms with Crippen molar-refractivity contribution in [2.75, 3.05) is 5.73 Å². The van der Waals surface area contributed by atoms with E-state index in [0.29, 0.717) is 6.07 Å². The van der Waals surface area contributed by atoms with Gasteiger partial charge in [0.25, 0.3) is 5.91 Å². The van der Waals surface area contributed by atoms with Crippen molar-refractivity contribution in [3.63, 3.8) is 0 Å². The molecule has 0 aliphatic rings. The maximum atomic E-state index is 12.8. The first kappa shape index (κ1) is 11.3. The second kappa shape index (κ2) is 3.41. The standard InChI is InChI=1S/C8H6F4N2O/c9-4-2-1-3(7(14)15)6(13)5(4)8(10,11)12/h1-2H,13H2,(H2,14,15). The van der Waals surface area contributed by atoms with E-state index in [4.69, 9.17) is 11.5 Å². The monoisotopic (exact) mass is 222 g/mol. The van der Waals surface area contributed by atoms with Crippen LogP contribution < -0.4 is 11.5 Å². The average Bonchev–Trinajstić information content (AvgIpc) is 2.00. The predicted octanol–water partition coefficient (Wildman–Crippen LogP) is 1.53. The molecule has 0 fully saturated rings. The Kier molecular flexibility index (Phi) is 2.57. The summed E-state index contributed by atoms with van der Waals surface area (Å²) in [5.41, 5.74) is 6.57. The number of benzene rings is 1. The minimum Gasteiger partial charge on any atom is -0.397 e. The molecule has 15 heavy (non-hydrogen) atoms. The highest BCUT2D eigenvalue weighted by molar-refractivity contribution is 5.98. The summed E-state index contributed by atoms with van der Waals surface area (Å²) in [6.45, 7) is 0. The van der Waals surface area contributed by atoms with Crippen molar-refractivity contribution in [2.45, 2.75) is 6.18 Å². The fourth-order valence-electron chi connectivity index (χ4n) is 1.10. The lowest BCUT2D eigenvalue weighted by atomic mass is 10.1. The number of nitrogens with two attached hydrogens (primary N) is 2. The first-order valence-electron chi connectivity index (χ1n) is 3.70. The van der Waals surface area contributed by atoms with Crippen LogP contribution in [-0.4, -0.2) is 5.91 Å². The van der Waals surface area contributed by atoms with Crippen molar-refractivity contribution in [1.29, 1.82) is 0 Å². The van der Waals surface area contributed by atoms with Crippen LogP contribution in [-0.2, 0) is 6.18 Å². The van der Waals surface area contributed by atoms with Crippen molar-refractivity contribution < 1.29 is 22.4 Å². The smallest absolute Gasteiger partial charge is 0.397 e. The number of hydrogen-bond donors (Lipinski definition) is 2. The average molecular weight is 222 g/mol. The molecule has 0 aliphatic carbocycles. The van der Waals surface area contributed by atoms with E-state index in [-0.39, 0.29) is 0 Å². The van der Waals surface area contributed by atoms with Gasteiger partial charge in [-0.3, -0.25) is 4.79 Å². The second-order valence-corrected chi connectivity index (χ2v) is 2.75. The number of rotatable bonds is 1. The molecule has 0 heterocycles. The summed E-state index contributed by atoms with van der Waals surface area (Å²) in [6.07, 6.45) is -4.96. The molecule has 7 heteroatoms. The molecule has 1 aromatic carbocycles. The van der Waals surface area contributed by atoms with Gasteiger partial charge in [0.2, 0.25) is 0 Å². The highest BCUT2D eigenvalue weighted by Gasteiger charge is 2.37. The van der Waals surface area contributed by atoms with Gasteiger partial charge in [0.1, 0.15) is 11.4 Å². The Balaban J connectivity index is 3.51. The van der Waals surface area contributed by atoms with E-state index in [1.54, 1.807) is 0 Å². The van der Waals surface area contributed by atoms with Crippen LogP contribution in [0.15, 0.2) is 12.1 Å². The summed E-state index contributed by atoms with van der Waals surface area (Å²) in [5.74, 6) is -2.68. The van der Waals surface area contributed by atoms with E-state index in [0.717, 1.165) is 6.07 Å². The number of anilines is 1. The molecule has 0 bridgehead atoms. The zero-order chi connectivity index (χ0) is 11.8. The van der Waals surface area contributed by atoms with Gasteiger partial charge in [-0.1, -0.05) is 0 Å². The Hall–Kier alpha value is -1.79. The van der Waals surface area contributed by atoms with Crippen LogP contribution in [0.3, 0.4) is 0 Å². The van der Waals surface area contributed by atoms with Crippen molar-refractivity contribution in [3.05, 3.63) is 29.1 Å². The van der Waals surface area contributed by atoms with Gasteiger partial charge in [-0.2, -0.15) is 13.2 Å². The highest BCUT2D eigenvalue weighted by Crippen LogP contribution is 2.36. The van der Waals surface area contributed by atoms with Crippen LogP contribution in [0.4, 0.5) is 23.2 Å². The molecule has 1 rings (SSSR count). The van der Waals surface area contributed by atoms with Gasteiger partial charge in [0.05, 0.1) is 11.3 Å². The summed E-state index contributed by atoms with van der Waals surface area (Å²) >= 11 is 0. The number of alkyl halides is 3. The summed E-state index contributed by atoms with van der Waals surface area (Å²) < 4.78 is 49.7. The molecule has 0 spiro atoms.